The predicted molar refractivity (Wildman–Crippen MR) is 84.5 cm³/mol. The van der Waals surface area contributed by atoms with Crippen LogP contribution in [0, 0.1) is 0 Å². The van der Waals surface area contributed by atoms with E-state index < -0.39 is 0 Å². The number of carbonyl (C=O) groups excluding carboxylic acids is 1. The maximum atomic E-state index is 12.6. The fourth-order valence-electron chi connectivity index (χ4n) is 2.41. The van der Waals surface area contributed by atoms with Crippen molar-refractivity contribution in [3.63, 3.8) is 0 Å². The molecule has 0 spiro atoms. The van der Waals surface area contributed by atoms with Crippen LogP contribution >= 0.6 is 28.3 Å². The number of nitrogens with one attached hydrogen (secondary N) is 1. The highest BCUT2D eigenvalue weighted by Crippen LogP contribution is 2.25. The summed E-state index contributed by atoms with van der Waals surface area (Å²) in [6.45, 7) is 2.19. The molecule has 1 N–H and O–H groups in total. The van der Waals surface area contributed by atoms with Crippen LogP contribution in [-0.4, -0.2) is 35.4 Å². The minimum absolute atomic E-state index is 0. The van der Waals surface area contributed by atoms with Crippen molar-refractivity contribution in [3.05, 3.63) is 52.7 Å². The number of hydrogen-bond acceptors (Lipinski definition) is 4. The molecule has 1 aliphatic heterocycles. The van der Waals surface area contributed by atoms with Crippen LogP contribution in [0.4, 0.5) is 0 Å². The number of rotatable bonds is 2. The summed E-state index contributed by atoms with van der Waals surface area (Å²) in [5, 5.41) is 3.32. The van der Waals surface area contributed by atoms with E-state index in [0.29, 0.717) is 16.8 Å². The molecule has 0 radical (unpaired) electrons. The zero-order valence-electron chi connectivity index (χ0n) is 11.2. The number of halogens is 2. The maximum absolute atomic E-state index is 12.6. The zero-order chi connectivity index (χ0) is 13.9. The molecule has 2 aromatic heterocycles. The topological polar surface area (TPSA) is 58.4 Å². The van der Waals surface area contributed by atoms with Crippen LogP contribution in [0.1, 0.15) is 22.0 Å². The number of nitrogens with zero attached hydrogens (tertiary/aromatic N) is 2. The number of carbonyl (C=O) groups is 1. The summed E-state index contributed by atoms with van der Waals surface area (Å²) >= 11 is 3.22. The Morgan fingerprint density at radius 2 is 2.38 bits per heavy atom. The fourth-order valence-corrected chi connectivity index (χ4v) is 2.75. The first kappa shape index (κ1) is 16.0. The molecule has 3 rings (SSSR count). The minimum atomic E-state index is -0.0187. The molecule has 1 fully saturated rings. The molecule has 3 heterocycles. The van der Waals surface area contributed by atoms with Gasteiger partial charge in [-0.15, -0.1) is 12.4 Å². The molecule has 1 amide bonds. The van der Waals surface area contributed by atoms with Gasteiger partial charge in [0.25, 0.3) is 5.91 Å². The molecular formula is C14H15BrClN3O2. The Labute approximate surface area is 137 Å². The van der Waals surface area contributed by atoms with Gasteiger partial charge in [0.1, 0.15) is 6.26 Å². The quantitative estimate of drug-likeness (QED) is 0.880. The number of furan rings is 1. The van der Waals surface area contributed by atoms with Crippen LogP contribution in [0.5, 0.6) is 0 Å². The Bertz CT molecular complexity index is 605. The largest absolute Gasteiger partial charge is 0.457 e. The van der Waals surface area contributed by atoms with Crippen molar-refractivity contribution in [1.82, 2.24) is 15.2 Å². The van der Waals surface area contributed by atoms with E-state index in [2.05, 4.69) is 26.2 Å². The van der Waals surface area contributed by atoms with E-state index >= 15 is 0 Å². The third-order valence-electron chi connectivity index (χ3n) is 3.39. The normalized spacial score (nSPS) is 18.1. The Kier molecular flexibility index (Phi) is 5.39. The summed E-state index contributed by atoms with van der Waals surface area (Å²) in [6.07, 6.45) is 5.02. The van der Waals surface area contributed by atoms with Gasteiger partial charge in [0, 0.05) is 38.1 Å². The first-order valence-electron chi connectivity index (χ1n) is 6.41. The van der Waals surface area contributed by atoms with Crippen molar-refractivity contribution in [2.45, 2.75) is 6.04 Å². The molecule has 1 atom stereocenters. The second-order valence-electron chi connectivity index (χ2n) is 4.64. The number of piperazine rings is 1. The highest BCUT2D eigenvalue weighted by Gasteiger charge is 2.29. The van der Waals surface area contributed by atoms with Gasteiger partial charge in [0.05, 0.1) is 11.6 Å². The van der Waals surface area contributed by atoms with Crippen molar-refractivity contribution in [3.8, 4) is 0 Å². The van der Waals surface area contributed by atoms with E-state index in [4.69, 9.17) is 4.42 Å². The summed E-state index contributed by atoms with van der Waals surface area (Å²) in [7, 11) is 0. The molecule has 1 saturated heterocycles. The van der Waals surface area contributed by atoms with Gasteiger partial charge in [-0.2, -0.15) is 0 Å². The molecule has 0 bridgehead atoms. The molecular weight excluding hydrogens is 358 g/mol. The van der Waals surface area contributed by atoms with Gasteiger partial charge in [0.15, 0.2) is 4.67 Å². The van der Waals surface area contributed by atoms with E-state index in [-0.39, 0.29) is 24.4 Å². The molecule has 1 aliphatic rings. The lowest BCUT2D eigenvalue weighted by molar-refractivity contribution is 0.0633. The van der Waals surface area contributed by atoms with Gasteiger partial charge in [-0.1, -0.05) is 6.07 Å². The highest BCUT2D eigenvalue weighted by molar-refractivity contribution is 9.10. The fraction of sp³-hybridized carbons (Fsp3) is 0.286. The average Bonchev–Trinajstić information content (AvgIpc) is 2.94. The van der Waals surface area contributed by atoms with Gasteiger partial charge < -0.3 is 14.6 Å². The van der Waals surface area contributed by atoms with E-state index in [1.54, 1.807) is 12.3 Å². The monoisotopic (exact) mass is 371 g/mol. The number of pyridine rings is 1. The average molecular weight is 373 g/mol. The van der Waals surface area contributed by atoms with Crippen LogP contribution in [0.25, 0.3) is 0 Å². The van der Waals surface area contributed by atoms with Gasteiger partial charge in [-0.05, 0) is 27.6 Å². The zero-order valence-corrected chi connectivity index (χ0v) is 13.6. The molecule has 0 saturated carbocycles. The SMILES string of the molecule is Cl.O=C(c1coc(Br)c1)N1CCNCC1c1cccnc1. The standard InChI is InChI=1S/C14H14BrN3O2.ClH/c15-13-6-11(9-20-13)14(19)18-5-4-17-8-12(18)10-2-1-3-16-7-10;/h1-3,6-7,9,12,17H,4-5,8H2;1H. The van der Waals surface area contributed by atoms with Crippen molar-refractivity contribution in [2.75, 3.05) is 19.6 Å². The number of amides is 1. The molecule has 112 valence electrons. The Hall–Kier alpha value is -1.37. The number of aromatic nitrogens is 1. The van der Waals surface area contributed by atoms with Gasteiger partial charge in [-0.3, -0.25) is 9.78 Å². The van der Waals surface area contributed by atoms with Crippen LogP contribution in [0.3, 0.4) is 0 Å². The molecule has 5 nitrogen and oxygen atoms in total. The van der Waals surface area contributed by atoms with Crippen molar-refractivity contribution in [2.24, 2.45) is 0 Å². The second kappa shape index (κ2) is 7.06. The Morgan fingerprint density at radius 3 is 3.05 bits per heavy atom. The van der Waals surface area contributed by atoms with Gasteiger partial charge in [-0.25, -0.2) is 0 Å². The Balaban J connectivity index is 0.00000161. The summed E-state index contributed by atoms with van der Waals surface area (Å²) in [6, 6.07) is 5.58. The summed E-state index contributed by atoms with van der Waals surface area (Å²) in [4.78, 5) is 18.6. The Morgan fingerprint density at radius 1 is 1.52 bits per heavy atom. The molecule has 0 aromatic carbocycles. The molecule has 0 aliphatic carbocycles. The third kappa shape index (κ3) is 3.45. The van der Waals surface area contributed by atoms with E-state index in [9.17, 15) is 4.79 Å². The maximum Gasteiger partial charge on any atom is 0.257 e. The minimum Gasteiger partial charge on any atom is -0.457 e. The van der Waals surface area contributed by atoms with Crippen molar-refractivity contribution < 1.29 is 9.21 Å². The van der Waals surface area contributed by atoms with Crippen molar-refractivity contribution >= 4 is 34.2 Å². The third-order valence-corrected chi connectivity index (χ3v) is 3.80. The predicted octanol–water partition coefficient (Wildman–Crippen LogP) is 2.65. The van der Waals surface area contributed by atoms with Crippen LogP contribution in [-0.2, 0) is 0 Å². The van der Waals surface area contributed by atoms with Crippen LogP contribution < -0.4 is 5.32 Å². The second-order valence-corrected chi connectivity index (χ2v) is 5.43. The van der Waals surface area contributed by atoms with Crippen LogP contribution in [0.2, 0.25) is 0 Å². The molecule has 7 heteroatoms. The van der Waals surface area contributed by atoms with E-state index in [0.717, 1.165) is 18.7 Å². The van der Waals surface area contributed by atoms with Gasteiger partial charge in [0.2, 0.25) is 0 Å². The molecule has 2 aromatic rings. The summed E-state index contributed by atoms with van der Waals surface area (Å²) in [5.74, 6) is -0.0187. The summed E-state index contributed by atoms with van der Waals surface area (Å²) in [5.41, 5.74) is 1.60. The highest BCUT2D eigenvalue weighted by atomic mass is 79.9. The first-order chi connectivity index (χ1) is 9.75. The van der Waals surface area contributed by atoms with E-state index in [1.165, 1.54) is 6.26 Å². The summed E-state index contributed by atoms with van der Waals surface area (Å²) < 4.78 is 5.72. The molecule has 1 unspecified atom stereocenters. The lowest BCUT2D eigenvalue weighted by Gasteiger charge is -2.36. The first-order valence-corrected chi connectivity index (χ1v) is 7.20. The number of hydrogen-bond donors (Lipinski definition) is 1. The van der Waals surface area contributed by atoms with Gasteiger partial charge >= 0.3 is 0 Å². The smallest absolute Gasteiger partial charge is 0.257 e. The van der Waals surface area contributed by atoms with Crippen molar-refractivity contribution in [1.29, 1.82) is 0 Å². The van der Waals surface area contributed by atoms with Crippen LogP contribution in [0.15, 0.2) is 45.9 Å². The lowest BCUT2D eigenvalue weighted by Crippen LogP contribution is -2.48. The van der Waals surface area contributed by atoms with E-state index in [1.807, 2.05) is 23.2 Å². The molecule has 21 heavy (non-hydrogen) atoms. The lowest BCUT2D eigenvalue weighted by atomic mass is 10.0.